The predicted octanol–water partition coefficient (Wildman–Crippen LogP) is 2.15. The van der Waals surface area contributed by atoms with Crippen LogP contribution < -0.4 is 0 Å². The van der Waals surface area contributed by atoms with Gasteiger partial charge < -0.3 is 10.0 Å². The van der Waals surface area contributed by atoms with E-state index >= 15 is 0 Å². The largest absolute Gasteiger partial charge is 0.394 e. The Labute approximate surface area is 117 Å². The van der Waals surface area contributed by atoms with Gasteiger partial charge in [-0.15, -0.1) is 0 Å². The molecule has 100 valence electrons. The lowest BCUT2D eigenvalue weighted by Crippen LogP contribution is -2.45. The van der Waals surface area contributed by atoms with Crippen LogP contribution in [0.1, 0.15) is 33.1 Å². The summed E-state index contributed by atoms with van der Waals surface area (Å²) in [6.07, 6.45) is 0.725. The smallest absolute Gasteiger partial charge is 0.255 e. The summed E-state index contributed by atoms with van der Waals surface area (Å²) in [6, 6.07) is 15.8. The Morgan fingerprint density at radius 2 is 1.75 bits per heavy atom. The quantitative estimate of drug-likeness (QED) is 0.858. The van der Waals surface area contributed by atoms with Gasteiger partial charge in [0.05, 0.1) is 18.7 Å². The van der Waals surface area contributed by atoms with E-state index in [-0.39, 0.29) is 24.6 Å². The Morgan fingerprint density at radius 3 is 2.55 bits per heavy atom. The topological polar surface area (TPSA) is 40.5 Å². The molecule has 4 rings (SSSR count). The predicted molar refractivity (Wildman–Crippen MR) is 75.5 cm³/mol. The third kappa shape index (κ3) is 1.41. The highest BCUT2D eigenvalue weighted by Gasteiger charge is 2.44. The van der Waals surface area contributed by atoms with Crippen LogP contribution in [0.2, 0.25) is 0 Å². The second-order valence-electron chi connectivity index (χ2n) is 5.44. The van der Waals surface area contributed by atoms with Crippen molar-refractivity contribution < 1.29 is 9.90 Å². The first-order valence-electron chi connectivity index (χ1n) is 6.91. The molecule has 0 saturated carbocycles. The molecule has 0 unspecified atom stereocenters. The maximum absolute atomic E-state index is 12.6. The highest BCUT2D eigenvalue weighted by Crippen LogP contribution is 2.44. The van der Waals surface area contributed by atoms with Gasteiger partial charge in [-0.2, -0.15) is 0 Å². The number of fused-ring (bicyclic) bond motifs is 5. The van der Waals surface area contributed by atoms with Crippen LogP contribution in [0.25, 0.3) is 0 Å². The molecule has 0 radical (unpaired) electrons. The summed E-state index contributed by atoms with van der Waals surface area (Å²) >= 11 is 0. The van der Waals surface area contributed by atoms with E-state index < -0.39 is 0 Å². The van der Waals surface area contributed by atoms with Crippen molar-refractivity contribution in [2.24, 2.45) is 0 Å². The molecular formula is C17H15NO2. The van der Waals surface area contributed by atoms with Crippen LogP contribution in [-0.4, -0.2) is 28.6 Å². The summed E-state index contributed by atoms with van der Waals surface area (Å²) in [6.45, 7) is 0.00453. The van der Waals surface area contributed by atoms with Crippen LogP contribution in [0.15, 0.2) is 48.5 Å². The zero-order valence-corrected chi connectivity index (χ0v) is 11.0. The minimum absolute atomic E-state index is 0.00453. The van der Waals surface area contributed by atoms with Crippen molar-refractivity contribution in [3.63, 3.8) is 0 Å². The summed E-state index contributed by atoms with van der Waals surface area (Å²) < 4.78 is 0. The molecule has 0 bridgehead atoms. The zero-order chi connectivity index (χ0) is 13.7. The van der Waals surface area contributed by atoms with Gasteiger partial charge in [0.15, 0.2) is 0 Å². The molecule has 20 heavy (non-hydrogen) atoms. The van der Waals surface area contributed by atoms with Crippen molar-refractivity contribution in [1.29, 1.82) is 0 Å². The molecule has 0 aliphatic carbocycles. The van der Waals surface area contributed by atoms with E-state index in [0.717, 1.165) is 17.5 Å². The summed E-state index contributed by atoms with van der Waals surface area (Å²) in [7, 11) is 0. The average Bonchev–Trinajstić information content (AvgIpc) is 2.81. The van der Waals surface area contributed by atoms with E-state index in [2.05, 4.69) is 12.1 Å². The van der Waals surface area contributed by atoms with Gasteiger partial charge in [0.1, 0.15) is 0 Å². The molecule has 3 heteroatoms. The molecule has 2 aliphatic rings. The number of aliphatic hydroxyl groups is 1. The third-order valence-corrected chi connectivity index (χ3v) is 4.41. The minimum atomic E-state index is -0.130. The van der Waals surface area contributed by atoms with Gasteiger partial charge in [0.25, 0.3) is 5.91 Å². The Kier molecular flexibility index (Phi) is 2.44. The second-order valence-corrected chi connectivity index (χ2v) is 5.44. The highest BCUT2D eigenvalue weighted by molar-refractivity contribution is 6.00. The van der Waals surface area contributed by atoms with E-state index in [9.17, 15) is 9.90 Å². The molecule has 2 heterocycles. The summed E-state index contributed by atoms with van der Waals surface area (Å²) in [4.78, 5) is 14.5. The summed E-state index contributed by atoms with van der Waals surface area (Å²) in [5.74, 6) is 0.0409. The van der Waals surface area contributed by atoms with Crippen molar-refractivity contribution in [2.45, 2.75) is 18.5 Å². The number of rotatable bonds is 1. The van der Waals surface area contributed by atoms with Crippen LogP contribution in [0.3, 0.4) is 0 Å². The Morgan fingerprint density at radius 1 is 1.05 bits per heavy atom. The van der Waals surface area contributed by atoms with E-state index in [4.69, 9.17) is 0 Å². The standard InChI is InChI=1S/C17H15NO2/c19-10-12-9-11-5-1-2-6-13(11)16-14-7-3-4-8-15(14)17(20)18(12)16/h1-8,12,16,19H,9-10H2/t12-,16+/m0/s1. The van der Waals surface area contributed by atoms with Crippen LogP contribution in [0.5, 0.6) is 0 Å². The fraction of sp³-hybridized carbons (Fsp3) is 0.235. The minimum Gasteiger partial charge on any atom is -0.394 e. The van der Waals surface area contributed by atoms with Gasteiger partial charge in [-0.25, -0.2) is 0 Å². The van der Waals surface area contributed by atoms with Gasteiger partial charge >= 0.3 is 0 Å². The van der Waals surface area contributed by atoms with Gasteiger partial charge in [0.2, 0.25) is 0 Å². The summed E-state index contributed by atoms with van der Waals surface area (Å²) in [5.41, 5.74) is 4.25. The number of carbonyl (C=O) groups is 1. The van der Waals surface area contributed by atoms with Gasteiger partial charge in [-0.3, -0.25) is 4.79 Å². The molecule has 2 atom stereocenters. The molecule has 2 aromatic rings. The number of amides is 1. The number of aliphatic hydroxyl groups excluding tert-OH is 1. The first-order valence-corrected chi connectivity index (χ1v) is 6.91. The monoisotopic (exact) mass is 265 g/mol. The van der Waals surface area contributed by atoms with Crippen LogP contribution in [-0.2, 0) is 6.42 Å². The number of nitrogens with zero attached hydrogens (tertiary/aromatic N) is 1. The molecule has 0 saturated heterocycles. The average molecular weight is 265 g/mol. The molecule has 3 nitrogen and oxygen atoms in total. The number of carbonyl (C=O) groups excluding carboxylic acids is 1. The molecular weight excluding hydrogens is 250 g/mol. The van der Waals surface area contributed by atoms with Crippen molar-refractivity contribution in [2.75, 3.05) is 6.61 Å². The lowest BCUT2D eigenvalue weighted by atomic mass is 9.87. The first kappa shape index (κ1) is 11.7. The first-order chi connectivity index (χ1) is 9.81. The lowest BCUT2D eigenvalue weighted by molar-refractivity contribution is 0.0534. The van der Waals surface area contributed by atoms with E-state index in [1.165, 1.54) is 11.1 Å². The van der Waals surface area contributed by atoms with Crippen LogP contribution in [0, 0.1) is 0 Å². The lowest BCUT2D eigenvalue weighted by Gasteiger charge is -2.38. The Hall–Kier alpha value is -2.13. The number of hydrogen-bond donors (Lipinski definition) is 1. The third-order valence-electron chi connectivity index (χ3n) is 4.41. The van der Waals surface area contributed by atoms with E-state index in [0.29, 0.717) is 0 Å². The molecule has 1 N–H and O–H groups in total. The van der Waals surface area contributed by atoms with Gasteiger partial charge in [-0.1, -0.05) is 42.5 Å². The molecule has 0 spiro atoms. The molecule has 2 aliphatic heterocycles. The molecule has 0 fully saturated rings. The zero-order valence-electron chi connectivity index (χ0n) is 11.0. The van der Waals surface area contributed by atoms with Crippen molar-refractivity contribution in [3.8, 4) is 0 Å². The summed E-state index contributed by atoms with van der Waals surface area (Å²) in [5, 5.41) is 9.67. The number of hydrogen-bond acceptors (Lipinski definition) is 2. The van der Waals surface area contributed by atoms with Gasteiger partial charge in [-0.05, 0) is 29.2 Å². The van der Waals surface area contributed by atoms with Crippen molar-refractivity contribution in [1.82, 2.24) is 4.90 Å². The Balaban J connectivity index is 1.97. The Bertz CT molecular complexity index is 695. The van der Waals surface area contributed by atoms with Crippen molar-refractivity contribution >= 4 is 5.91 Å². The maximum Gasteiger partial charge on any atom is 0.255 e. The fourth-order valence-corrected chi connectivity index (χ4v) is 3.52. The fourth-order valence-electron chi connectivity index (χ4n) is 3.52. The van der Waals surface area contributed by atoms with E-state index in [1.807, 2.05) is 41.3 Å². The van der Waals surface area contributed by atoms with Crippen LogP contribution >= 0.6 is 0 Å². The number of benzene rings is 2. The maximum atomic E-state index is 12.6. The molecule has 2 aromatic carbocycles. The molecule has 0 aromatic heterocycles. The second kappa shape index (κ2) is 4.18. The van der Waals surface area contributed by atoms with E-state index in [1.54, 1.807) is 0 Å². The van der Waals surface area contributed by atoms with Crippen molar-refractivity contribution in [3.05, 3.63) is 70.8 Å². The molecule has 1 amide bonds. The normalized spacial score (nSPS) is 23.2. The highest BCUT2D eigenvalue weighted by atomic mass is 16.3. The SMILES string of the molecule is O=C1c2ccccc2[C@H]2c3ccccc3C[C@@H](CO)N12. The van der Waals surface area contributed by atoms with Gasteiger partial charge in [0, 0.05) is 5.56 Å². The van der Waals surface area contributed by atoms with Crippen LogP contribution in [0.4, 0.5) is 0 Å².